The maximum Gasteiger partial charge on any atom is 0.416 e. The van der Waals surface area contributed by atoms with Crippen LogP contribution in [0.25, 0.3) is 0 Å². The number of nitrogens with one attached hydrogen (secondary N) is 2. The lowest BCUT2D eigenvalue weighted by Gasteiger charge is -2.16. The summed E-state index contributed by atoms with van der Waals surface area (Å²) in [6.07, 6.45) is -2.57. The molecule has 1 aromatic rings. The van der Waals surface area contributed by atoms with Crippen molar-refractivity contribution in [3.8, 4) is 0 Å². The van der Waals surface area contributed by atoms with Crippen LogP contribution in [0.5, 0.6) is 0 Å². The van der Waals surface area contributed by atoms with E-state index in [9.17, 15) is 17.6 Å². The van der Waals surface area contributed by atoms with Gasteiger partial charge in [0.05, 0.1) is 12.2 Å². The van der Waals surface area contributed by atoms with Gasteiger partial charge in [0.25, 0.3) is 0 Å². The van der Waals surface area contributed by atoms with Gasteiger partial charge in [-0.15, -0.1) is 0 Å². The minimum Gasteiger partial charge on any atom is -0.380 e. The molecule has 4 nitrogen and oxygen atoms in total. The van der Waals surface area contributed by atoms with E-state index in [1.165, 1.54) is 7.05 Å². The molecule has 8 heteroatoms. The van der Waals surface area contributed by atoms with Crippen LogP contribution in [0.1, 0.15) is 30.9 Å². The van der Waals surface area contributed by atoms with Crippen molar-refractivity contribution in [2.75, 3.05) is 26.8 Å². The minimum atomic E-state index is -4.61. The maximum absolute atomic E-state index is 13.1. The number of guanidine groups is 1. The Morgan fingerprint density at radius 1 is 1.21 bits per heavy atom. The first kappa shape index (κ1) is 20.2. The van der Waals surface area contributed by atoms with Gasteiger partial charge in [-0.3, -0.25) is 4.99 Å². The normalized spacial score (nSPS) is 12.3. The fraction of sp³-hybridized carbons (Fsp3) is 0.562. The van der Waals surface area contributed by atoms with Crippen molar-refractivity contribution < 1.29 is 22.3 Å². The first-order chi connectivity index (χ1) is 11.4. The molecule has 0 unspecified atom stereocenters. The lowest BCUT2D eigenvalue weighted by atomic mass is 10.1. The molecule has 0 heterocycles. The van der Waals surface area contributed by atoms with Gasteiger partial charge in [-0.2, -0.15) is 13.2 Å². The topological polar surface area (TPSA) is 45.6 Å². The Kier molecular flexibility index (Phi) is 8.53. The number of alkyl halides is 3. The summed E-state index contributed by atoms with van der Waals surface area (Å²) in [4.78, 5) is 3.93. The van der Waals surface area contributed by atoms with Crippen molar-refractivity contribution in [1.82, 2.24) is 10.6 Å². The molecular formula is C16H23F4N3O. The molecule has 0 atom stereocenters. The third-order valence-corrected chi connectivity index (χ3v) is 3.23. The SMILES string of the molecule is CCCCOCCNC(=NC)NCc1ccc(F)cc1C(F)(F)F. The summed E-state index contributed by atoms with van der Waals surface area (Å²) >= 11 is 0. The van der Waals surface area contributed by atoms with Crippen LogP contribution in [-0.2, 0) is 17.5 Å². The smallest absolute Gasteiger partial charge is 0.380 e. The van der Waals surface area contributed by atoms with Crippen LogP contribution in [0.2, 0.25) is 0 Å². The van der Waals surface area contributed by atoms with E-state index in [2.05, 4.69) is 22.5 Å². The quantitative estimate of drug-likeness (QED) is 0.328. The predicted molar refractivity (Wildman–Crippen MR) is 85.3 cm³/mol. The fourth-order valence-corrected chi connectivity index (χ4v) is 1.96. The molecule has 24 heavy (non-hydrogen) atoms. The van der Waals surface area contributed by atoms with Crippen LogP contribution >= 0.6 is 0 Å². The molecule has 0 amide bonds. The number of aliphatic imine (C=N–C) groups is 1. The Morgan fingerprint density at radius 2 is 1.96 bits per heavy atom. The van der Waals surface area contributed by atoms with Gasteiger partial charge in [0, 0.05) is 26.7 Å². The molecule has 0 spiro atoms. The number of nitrogens with zero attached hydrogens (tertiary/aromatic N) is 1. The van der Waals surface area contributed by atoms with Crippen molar-refractivity contribution in [2.45, 2.75) is 32.5 Å². The number of benzene rings is 1. The number of hydrogen-bond acceptors (Lipinski definition) is 2. The van der Waals surface area contributed by atoms with E-state index in [1.807, 2.05) is 0 Å². The van der Waals surface area contributed by atoms with Crippen molar-refractivity contribution in [3.63, 3.8) is 0 Å². The summed E-state index contributed by atoms with van der Waals surface area (Å²) in [5, 5.41) is 5.73. The zero-order chi connectivity index (χ0) is 18.0. The van der Waals surface area contributed by atoms with E-state index >= 15 is 0 Å². The van der Waals surface area contributed by atoms with Crippen molar-refractivity contribution >= 4 is 5.96 Å². The Balaban J connectivity index is 2.52. The molecule has 136 valence electrons. The molecule has 0 saturated heterocycles. The van der Waals surface area contributed by atoms with Gasteiger partial charge in [0.2, 0.25) is 0 Å². The second-order valence-electron chi connectivity index (χ2n) is 5.12. The number of halogens is 4. The molecule has 1 rings (SSSR count). The van der Waals surface area contributed by atoms with Crippen LogP contribution in [0, 0.1) is 5.82 Å². The highest BCUT2D eigenvalue weighted by Gasteiger charge is 2.33. The summed E-state index contributed by atoms with van der Waals surface area (Å²) < 4.78 is 57.2. The number of ether oxygens (including phenoxy) is 1. The van der Waals surface area contributed by atoms with Gasteiger partial charge in [-0.1, -0.05) is 19.4 Å². The molecular weight excluding hydrogens is 326 g/mol. The van der Waals surface area contributed by atoms with E-state index < -0.39 is 17.6 Å². The molecule has 1 aromatic carbocycles. The van der Waals surface area contributed by atoms with Gasteiger partial charge in [0.15, 0.2) is 5.96 Å². The van der Waals surface area contributed by atoms with E-state index in [-0.39, 0.29) is 12.1 Å². The third-order valence-electron chi connectivity index (χ3n) is 3.23. The van der Waals surface area contributed by atoms with E-state index in [0.29, 0.717) is 31.8 Å². The first-order valence-corrected chi connectivity index (χ1v) is 7.76. The van der Waals surface area contributed by atoms with Crippen LogP contribution in [-0.4, -0.2) is 32.8 Å². The van der Waals surface area contributed by atoms with Gasteiger partial charge in [-0.05, 0) is 24.1 Å². The summed E-state index contributed by atoms with van der Waals surface area (Å²) in [7, 11) is 1.52. The Labute approximate surface area is 139 Å². The summed E-state index contributed by atoms with van der Waals surface area (Å²) in [5.74, 6) is -0.565. The highest BCUT2D eigenvalue weighted by atomic mass is 19.4. The zero-order valence-corrected chi connectivity index (χ0v) is 13.8. The highest BCUT2D eigenvalue weighted by molar-refractivity contribution is 5.79. The Hall–Kier alpha value is -1.83. The number of hydrogen-bond donors (Lipinski definition) is 2. The summed E-state index contributed by atoms with van der Waals surface area (Å²) in [6.45, 7) is 3.59. The molecule has 2 N–H and O–H groups in total. The van der Waals surface area contributed by atoms with Crippen LogP contribution < -0.4 is 10.6 Å². The lowest BCUT2D eigenvalue weighted by molar-refractivity contribution is -0.138. The van der Waals surface area contributed by atoms with E-state index in [1.54, 1.807) is 0 Å². The predicted octanol–water partition coefficient (Wildman–Crippen LogP) is 3.33. The van der Waals surface area contributed by atoms with Crippen LogP contribution in [0.4, 0.5) is 17.6 Å². The average molecular weight is 349 g/mol. The van der Waals surface area contributed by atoms with Crippen LogP contribution in [0.3, 0.4) is 0 Å². The standard InChI is InChI=1S/C16H23F4N3O/c1-3-4-8-24-9-7-22-15(21-2)23-11-12-5-6-13(17)10-14(12)16(18,19)20/h5-6,10H,3-4,7-9,11H2,1-2H3,(H2,21,22,23). The lowest BCUT2D eigenvalue weighted by Crippen LogP contribution is -2.38. The number of unbranched alkanes of at least 4 members (excludes halogenated alkanes) is 1. The highest BCUT2D eigenvalue weighted by Crippen LogP contribution is 2.32. The van der Waals surface area contributed by atoms with E-state index in [0.717, 1.165) is 25.0 Å². The van der Waals surface area contributed by atoms with E-state index in [4.69, 9.17) is 4.74 Å². The van der Waals surface area contributed by atoms with Gasteiger partial charge >= 0.3 is 6.18 Å². The fourth-order valence-electron chi connectivity index (χ4n) is 1.96. The molecule has 0 aliphatic rings. The molecule has 0 aliphatic carbocycles. The molecule has 0 bridgehead atoms. The van der Waals surface area contributed by atoms with Crippen LogP contribution in [0.15, 0.2) is 23.2 Å². The Bertz CT molecular complexity index is 533. The maximum atomic E-state index is 13.1. The second-order valence-corrected chi connectivity index (χ2v) is 5.12. The third kappa shape index (κ3) is 7.16. The molecule has 0 aromatic heterocycles. The minimum absolute atomic E-state index is 0.0500. The van der Waals surface area contributed by atoms with Gasteiger partial charge in [-0.25, -0.2) is 4.39 Å². The van der Waals surface area contributed by atoms with Crippen molar-refractivity contribution in [1.29, 1.82) is 0 Å². The second kappa shape index (κ2) is 10.1. The monoisotopic (exact) mass is 349 g/mol. The van der Waals surface area contributed by atoms with Gasteiger partial charge < -0.3 is 15.4 Å². The van der Waals surface area contributed by atoms with Gasteiger partial charge in [0.1, 0.15) is 5.82 Å². The molecule has 0 fully saturated rings. The van der Waals surface area contributed by atoms with Crippen molar-refractivity contribution in [3.05, 3.63) is 35.1 Å². The molecule has 0 aliphatic heterocycles. The zero-order valence-electron chi connectivity index (χ0n) is 13.8. The summed E-state index contributed by atoms with van der Waals surface area (Å²) in [5.41, 5.74) is -1.04. The average Bonchev–Trinajstić information content (AvgIpc) is 2.53. The summed E-state index contributed by atoms with van der Waals surface area (Å²) in [6, 6.07) is 2.62. The molecule has 0 saturated carbocycles. The number of rotatable bonds is 8. The molecule has 0 radical (unpaired) electrons. The van der Waals surface area contributed by atoms with Crippen molar-refractivity contribution in [2.24, 2.45) is 4.99 Å². The first-order valence-electron chi connectivity index (χ1n) is 7.76. The largest absolute Gasteiger partial charge is 0.416 e. The Morgan fingerprint density at radius 3 is 2.58 bits per heavy atom.